The van der Waals surface area contributed by atoms with E-state index in [2.05, 4.69) is 19.5 Å². The summed E-state index contributed by atoms with van der Waals surface area (Å²) in [6.07, 6.45) is 0.288. The summed E-state index contributed by atoms with van der Waals surface area (Å²) in [6, 6.07) is 5.95. The molecule has 2 aromatic carbocycles. The van der Waals surface area contributed by atoms with Crippen LogP contribution in [0.25, 0.3) is 27.6 Å². The summed E-state index contributed by atoms with van der Waals surface area (Å²) < 4.78 is 116. The van der Waals surface area contributed by atoms with Gasteiger partial charge in [-0.1, -0.05) is 11.6 Å². The maximum Gasteiger partial charge on any atom is 0.345 e. The third-order valence-electron chi connectivity index (χ3n) is 8.82. The average Bonchev–Trinajstić information content (AvgIpc) is 3.37. The fourth-order valence-corrected chi connectivity index (χ4v) is 7.32. The van der Waals surface area contributed by atoms with Crippen LogP contribution in [-0.4, -0.2) is 58.1 Å². The monoisotopic (exact) mass is 771 g/mol. The lowest BCUT2D eigenvalue weighted by Crippen LogP contribution is -2.31. The van der Waals surface area contributed by atoms with Crippen LogP contribution in [0, 0.1) is 18.6 Å². The number of nitrogens with two attached hydrogens (primary N) is 1. The Kier molecular flexibility index (Phi) is 10.3. The summed E-state index contributed by atoms with van der Waals surface area (Å²) in [5, 5.41) is 4.27. The lowest BCUT2D eigenvalue weighted by atomic mass is 9.84. The number of nitrogens with one attached hydrogen (secondary N) is 1. The normalized spacial score (nSPS) is 15.9. The van der Waals surface area contributed by atoms with Crippen LogP contribution >= 0.6 is 11.6 Å². The van der Waals surface area contributed by atoms with Crippen molar-refractivity contribution >= 4 is 49.4 Å². The summed E-state index contributed by atoms with van der Waals surface area (Å²) in [5.41, 5.74) is 6.91. The first-order chi connectivity index (χ1) is 24.4. The second-order valence-electron chi connectivity index (χ2n) is 12.8. The number of benzene rings is 2. The first-order valence-corrected chi connectivity index (χ1v) is 18.3. The minimum absolute atomic E-state index is 0.000321. The van der Waals surface area contributed by atoms with Gasteiger partial charge in [0.25, 0.3) is 5.56 Å². The number of sulfonamides is 1. The van der Waals surface area contributed by atoms with Gasteiger partial charge < -0.3 is 10.5 Å². The Morgan fingerprint density at radius 2 is 1.75 bits per heavy atom. The molecule has 1 aliphatic carbocycles. The number of hydrogen-bond acceptors (Lipinski definition) is 8. The van der Waals surface area contributed by atoms with Crippen molar-refractivity contribution in [2.45, 2.75) is 70.1 Å². The molecule has 6 rings (SSSR count). The van der Waals surface area contributed by atoms with E-state index < -0.39 is 52.4 Å². The fourth-order valence-electron chi connectivity index (χ4n) is 6.58. The van der Waals surface area contributed by atoms with Gasteiger partial charge in [0.15, 0.2) is 11.5 Å². The molecule has 0 radical (unpaired) electrons. The van der Waals surface area contributed by atoms with E-state index in [0.29, 0.717) is 17.3 Å². The molecule has 0 spiro atoms. The second-order valence-corrected chi connectivity index (χ2v) is 14.9. The maximum atomic E-state index is 14.7. The van der Waals surface area contributed by atoms with Crippen molar-refractivity contribution in [1.82, 2.24) is 24.3 Å². The molecule has 1 aliphatic rings. The first-order valence-electron chi connectivity index (χ1n) is 16.0. The third kappa shape index (κ3) is 7.89. The zero-order chi connectivity index (χ0) is 37.7. The molecule has 1 fully saturated rings. The van der Waals surface area contributed by atoms with Crippen LogP contribution in [0.4, 0.5) is 32.2 Å². The molecule has 3 heterocycles. The molecule has 0 unspecified atom stereocenters. The van der Waals surface area contributed by atoms with Crippen LogP contribution in [0.1, 0.15) is 60.3 Å². The van der Waals surface area contributed by atoms with Gasteiger partial charge in [0.1, 0.15) is 17.5 Å². The van der Waals surface area contributed by atoms with Crippen molar-refractivity contribution < 1.29 is 39.5 Å². The van der Waals surface area contributed by atoms with E-state index >= 15 is 0 Å². The first kappa shape index (κ1) is 37.5. The van der Waals surface area contributed by atoms with Gasteiger partial charge in [-0.05, 0) is 67.6 Å². The van der Waals surface area contributed by atoms with Gasteiger partial charge in [-0.3, -0.25) is 18.8 Å². The largest absolute Gasteiger partial charge is 0.345 e. The molecule has 52 heavy (non-hydrogen) atoms. The Morgan fingerprint density at radius 1 is 1.08 bits per heavy atom. The number of alkyl halides is 4. The van der Waals surface area contributed by atoms with Crippen molar-refractivity contribution in [3.8, 4) is 5.69 Å². The summed E-state index contributed by atoms with van der Waals surface area (Å²) >= 11 is 6.56. The van der Waals surface area contributed by atoms with Gasteiger partial charge in [0, 0.05) is 30.5 Å². The molecule has 0 amide bonds. The van der Waals surface area contributed by atoms with Gasteiger partial charge in [-0.2, -0.15) is 13.9 Å². The van der Waals surface area contributed by atoms with Crippen molar-refractivity contribution in [2.24, 2.45) is 5.73 Å². The number of hydrogen-bond donors (Lipinski definition) is 2. The Labute approximate surface area is 297 Å². The summed E-state index contributed by atoms with van der Waals surface area (Å²) in [7, 11) is -3.96. The van der Waals surface area contributed by atoms with E-state index in [0.717, 1.165) is 27.6 Å². The number of aromatic nitrogens is 5. The molecular weight excluding hydrogens is 740 g/mol. The Bertz CT molecular complexity index is 2330. The standard InChI is InChI=1S/C33H32ClF6N7O4S/c1-16-11-23(18-5-7-33(39,40)8-6-18)42-28-25(16)31(48)47(30(43-28)22(41)14-17-12-19(35)15-20(36)13-17)24-4-3-21(34)26-27(24)46(9-10-51-32(37)38)44-29(26)45-52(2,49)50/h3-4,11-13,15,18,22,32H,5-10,14,41H2,1-2H3,(H,44,45)/t22-/m0/s1. The van der Waals surface area contributed by atoms with Gasteiger partial charge in [-0.15, -0.1) is 0 Å². The van der Waals surface area contributed by atoms with Crippen LogP contribution in [0.3, 0.4) is 0 Å². The van der Waals surface area contributed by atoms with Crippen LogP contribution in [-0.2, 0) is 27.7 Å². The van der Waals surface area contributed by atoms with Crippen LogP contribution < -0.4 is 16.0 Å². The lowest BCUT2D eigenvalue weighted by Gasteiger charge is -2.28. The molecule has 11 nitrogen and oxygen atoms in total. The molecule has 278 valence electrons. The predicted octanol–water partition coefficient (Wildman–Crippen LogP) is 6.52. The van der Waals surface area contributed by atoms with Crippen LogP contribution in [0.15, 0.2) is 41.2 Å². The van der Waals surface area contributed by atoms with E-state index in [1.54, 1.807) is 13.0 Å². The number of nitrogens with zero attached hydrogens (tertiary/aromatic N) is 5. The lowest BCUT2D eigenvalue weighted by molar-refractivity contribution is -0.130. The van der Waals surface area contributed by atoms with Gasteiger partial charge >= 0.3 is 6.61 Å². The van der Waals surface area contributed by atoms with E-state index in [-0.39, 0.29) is 94.4 Å². The number of ether oxygens (including phenoxy) is 1. The second kappa shape index (κ2) is 14.3. The SMILES string of the molecule is Cc1cc(C2CCC(F)(F)CC2)nc2nc([C@@H](N)Cc3cc(F)cc(F)c3)n(-c3ccc(Cl)c4c(NS(C)(=O)=O)nn(CCOC(F)F)c34)c(=O)c12. The molecule has 1 atom stereocenters. The molecule has 5 aromatic rings. The molecule has 0 aliphatic heterocycles. The van der Waals surface area contributed by atoms with E-state index in [1.165, 1.54) is 12.1 Å². The number of rotatable bonds is 11. The minimum Gasteiger partial charge on any atom is -0.321 e. The van der Waals surface area contributed by atoms with Crippen molar-refractivity contribution in [3.63, 3.8) is 0 Å². The Morgan fingerprint density at radius 3 is 2.38 bits per heavy atom. The average molecular weight is 772 g/mol. The predicted molar refractivity (Wildman–Crippen MR) is 182 cm³/mol. The van der Waals surface area contributed by atoms with Gasteiger partial charge in [0.05, 0.1) is 52.4 Å². The van der Waals surface area contributed by atoms with E-state index in [1.807, 2.05) is 0 Å². The highest BCUT2D eigenvalue weighted by Crippen LogP contribution is 2.41. The minimum atomic E-state index is -3.96. The number of anilines is 1. The molecule has 3 aromatic heterocycles. The number of fused-ring (bicyclic) bond motifs is 2. The number of halogens is 7. The third-order valence-corrected chi connectivity index (χ3v) is 9.70. The highest BCUT2D eigenvalue weighted by Gasteiger charge is 2.36. The van der Waals surface area contributed by atoms with Crippen molar-refractivity contribution in [1.29, 1.82) is 0 Å². The Balaban J connectivity index is 1.61. The molecule has 0 bridgehead atoms. The highest BCUT2D eigenvalue weighted by molar-refractivity contribution is 7.92. The van der Waals surface area contributed by atoms with Crippen molar-refractivity contribution in [2.75, 3.05) is 17.6 Å². The smallest absolute Gasteiger partial charge is 0.321 e. The molecule has 3 N–H and O–H groups in total. The molecule has 0 saturated heterocycles. The van der Waals surface area contributed by atoms with Crippen LogP contribution in [0.5, 0.6) is 0 Å². The zero-order valence-corrected chi connectivity index (χ0v) is 29.2. The highest BCUT2D eigenvalue weighted by atomic mass is 35.5. The van der Waals surface area contributed by atoms with Crippen LogP contribution in [0.2, 0.25) is 5.02 Å². The summed E-state index contributed by atoms with van der Waals surface area (Å²) in [5.74, 6) is -5.29. The maximum absolute atomic E-state index is 14.7. The zero-order valence-electron chi connectivity index (χ0n) is 27.6. The number of aryl methyl sites for hydroxylation is 1. The van der Waals surface area contributed by atoms with Gasteiger partial charge in [-0.25, -0.2) is 35.9 Å². The molecule has 19 heteroatoms. The molecular formula is C33H32ClF6N7O4S. The number of pyridine rings is 1. The fraction of sp³-hybridized carbons (Fsp3) is 0.394. The topological polar surface area (TPSA) is 147 Å². The van der Waals surface area contributed by atoms with Gasteiger partial charge in [0.2, 0.25) is 15.9 Å². The van der Waals surface area contributed by atoms with E-state index in [9.17, 15) is 39.6 Å². The van der Waals surface area contributed by atoms with E-state index in [4.69, 9.17) is 22.3 Å². The van der Waals surface area contributed by atoms with Crippen molar-refractivity contribution in [3.05, 3.63) is 86.1 Å². The summed E-state index contributed by atoms with van der Waals surface area (Å²) in [4.78, 5) is 24.0. The Hall–Kier alpha value is -4.26. The summed E-state index contributed by atoms with van der Waals surface area (Å²) in [6.45, 7) is -2.44. The molecule has 1 saturated carbocycles. The quantitative estimate of drug-likeness (QED) is 0.145.